The summed E-state index contributed by atoms with van der Waals surface area (Å²) in [5.41, 5.74) is 1.84. The van der Waals surface area contributed by atoms with Crippen LogP contribution in [0.1, 0.15) is 21.0 Å². The van der Waals surface area contributed by atoms with Gasteiger partial charge in [-0.2, -0.15) is 0 Å². The molecule has 10 atom stereocenters. The molecule has 14 nitrogen and oxygen atoms in total. The Bertz CT molecular complexity index is 1480. The van der Waals surface area contributed by atoms with E-state index in [-0.39, 0.29) is 11.4 Å². The van der Waals surface area contributed by atoms with E-state index < -0.39 is 98.7 Å². The van der Waals surface area contributed by atoms with Crippen molar-refractivity contribution in [2.45, 2.75) is 58.7 Å². The summed E-state index contributed by atoms with van der Waals surface area (Å²) >= 11 is -0.992. The summed E-state index contributed by atoms with van der Waals surface area (Å²) in [6, 6.07) is 15.2. The molecule has 6 rings (SSSR count). The van der Waals surface area contributed by atoms with Crippen LogP contribution in [0.2, 0.25) is 0 Å². The molecule has 2 aromatic carbocycles. The number of amides is 2. The first-order valence-corrected chi connectivity index (χ1v) is 16.3. The van der Waals surface area contributed by atoms with Gasteiger partial charge in [-0.15, -0.1) is 0 Å². The number of aliphatic hydroxyl groups is 6. The number of rotatable bonds is 8. The van der Waals surface area contributed by atoms with Crippen LogP contribution in [0.25, 0.3) is 21.8 Å². The number of carbonyl (C=O) groups is 2. The van der Waals surface area contributed by atoms with Gasteiger partial charge in [-0.1, -0.05) is 0 Å². The van der Waals surface area contributed by atoms with Crippen molar-refractivity contribution in [2.75, 3.05) is 13.2 Å². The standard InChI is InChI=1S/C30H34N4O10Se/c35-11-19-23(37)21(33-27(41)17-9-13-5-1-3-7-15(13)31-17)25(39)29(43-19)45-30-26(40)22(24(38)20(12-36)44-30)34-28(42)18-10-14-6-2-4-8-16(14)32-18/h1-10,19-26,29-32,35-40H,11-12H2,(H,33,41)(H,34,42)/t19?,20?,21-,22?,23-,24-,25?,26+,29-,30-/m0/s1. The van der Waals surface area contributed by atoms with E-state index in [4.69, 9.17) is 9.47 Å². The summed E-state index contributed by atoms with van der Waals surface area (Å²) < 4.78 is 11.6. The van der Waals surface area contributed by atoms with Gasteiger partial charge in [0.25, 0.3) is 0 Å². The van der Waals surface area contributed by atoms with E-state index in [0.717, 1.165) is 21.8 Å². The second-order valence-corrected chi connectivity index (χ2v) is 13.6. The quantitative estimate of drug-likeness (QED) is 0.0927. The first-order chi connectivity index (χ1) is 21.7. The zero-order valence-electron chi connectivity index (χ0n) is 23.7. The SMILES string of the molecule is O=C(NC1[C@@H](O)C(CO)O[C@@H]([Se][C@@H]2OC(CO)[C@H](O)[C@H](NC(=O)c3cc4ccccc4[nH]3)C2O)[C@@H]1O)c1cc2ccccc2[nH]1. The molecule has 2 amide bonds. The summed E-state index contributed by atoms with van der Waals surface area (Å²) in [6.45, 7) is -1.26. The number of aliphatic hydroxyl groups excluding tert-OH is 6. The molecule has 2 aromatic heterocycles. The van der Waals surface area contributed by atoms with E-state index in [1.807, 2.05) is 36.4 Å². The van der Waals surface area contributed by atoms with Gasteiger partial charge in [-0.25, -0.2) is 0 Å². The van der Waals surface area contributed by atoms with E-state index in [1.54, 1.807) is 24.3 Å². The first kappa shape index (κ1) is 31.6. The molecule has 4 aromatic rings. The fraction of sp³-hybridized carbons (Fsp3) is 0.400. The Morgan fingerprint density at radius 2 is 1.07 bits per heavy atom. The molecule has 0 aliphatic carbocycles. The van der Waals surface area contributed by atoms with Gasteiger partial charge in [0, 0.05) is 0 Å². The van der Waals surface area contributed by atoms with E-state index in [1.165, 1.54) is 0 Å². The number of carbonyl (C=O) groups excluding carboxylic acids is 2. The van der Waals surface area contributed by atoms with Crippen LogP contribution in [0.5, 0.6) is 0 Å². The molecule has 0 radical (unpaired) electrons. The minimum absolute atomic E-state index is 0.198. The first-order valence-electron chi connectivity index (χ1n) is 14.4. The van der Waals surface area contributed by atoms with E-state index in [2.05, 4.69) is 20.6 Å². The van der Waals surface area contributed by atoms with Gasteiger partial charge in [0.05, 0.1) is 0 Å². The number of H-pyrrole nitrogens is 2. The van der Waals surface area contributed by atoms with Gasteiger partial charge in [0.1, 0.15) is 0 Å². The molecular formula is C30H34N4O10Se. The zero-order valence-corrected chi connectivity index (χ0v) is 25.4. The number of hydrogen-bond donors (Lipinski definition) is 10. The molecule has 0 spiro atoms. The van der Waals surface area contributed by atoms with Crippen molar-refractivity contribution < 1.29 is 49.7 Å². The van der Waals surface area contributed by atoms with Crippen molar-refractivity contribution in [3.8, 4) is 0 Å². The van der Waals surface area contributed by atoms with Gasteiger partial charge >= 0.3 is 263 Å². The Labute approximate surface area is 262 Å². The maximum atomic E-state index is 13.1. The number of nitrogens with one attached hydrogen (secondary N) is 4. The van der Waals surface area contributed by atoms with Crippen LogP contribution in [0.4, 0.5) is 0 Å². The van der Waals surface area contributed by atoms with Crippen LogP contribution in [-0.2, 0) is 9.47 Å². The van der Waals surface area contributed by atoms with Crippen LogP contribution >= 0.6 is 0 Å². The van der Waals surface area contributed by atoms with Crippen LogP contribution in [0.15, 0.2) is 60.7 Å². The van der Waals surface area contributed by atoms with Crippen LogP contribution in [-0.4, -0.2) is 139 Å². The van der Waals surface area contributed by atoms with E-state index in [9.17, 15) is 40.2 Å². The van der Waals surface area contributed by atoms with Gasteiger partial charge in [-0.05, 0) is 0 Å². The summed E-state index contributed by atoms with van der Waals surface area (Å²) in [5, 5.41) is 68.8. The van der Waals surface area contributed by atoms with Gasteiger partial charge in [0.15, 0.2) is 0 Å². The van der Waals surface area contributed by atoms with Gasteiger partial charge < -0.3 is 0 Å². The number of ether oxygens (including phenoxy) is 2. The fourth-order valence-electron chi connectivity index (χ4n) is 5.72. The number of para-hydroxylation sites is 2. The monoisotopic (exact) mass is 690 g/mol. The normalized spacial score (nSPS) is 32.0. The fourth-order valence-corrected chi connectivity index (χ4v) is 8.53. The van der Waals surface area contributed by atoms with Crippen molar-refractivity contribution in [1.29, 1.82) is 0 Å². The van der Waals surface area contributed by atoms with E-state index in [0.29, 0.717) is 0 Å². The molecule has 0 saturated carbocycles. The molecule has 240 valence electrons. The molecule has 2 aliphatic heterocycles. The molecule has 0 bridgehead atoms. The topological polar surface area (TPSA) is 230 Å². The average Bonchev–Trinajstić information content (AvgIpc) is 3.68. The Morgan fingerprint density at radius 3 is 1.44 bits per heavy atom. The Hall–Kier alpha value is -3.34. The average molecular weight is 690 g/mol. The third-order valence-electron chi connectivity index (χ3n) is 8.18. The zero-order chi connectivity index (χ0) is 31.8. The van der Waals surface area contributed by atoms with Gasteiger partial charge in [0.2, 0.25) is 0 Å². The number of fused-ring (bicyclic) bond motifs is 2. The maximum absolute atomic E-state index is 13.1. The molecule has 4 unspecified atom stereocenters. The third-order valence-corrected chi connectivity index (χ3v) is 10.9. The summed E-state index contributed by atoms with van der Waals surface area (Å²) in [6.07, 6.45) is -8.32. The predicted molar refractivity (Wildman–Crippen MR) is 160 cm³/mol. The second kappa shape index (κ2) is 13.2. The van der Waals surface area contributed by atoms with E-state index >= 15 is 0 Å². The Balaban J connectivity index is 1.18. The van der Waals surface area contributed by atoms with Crippen molar-refractivity contribution in [1.82, 2.24) is 20.6 Å². The number of hydrogen-bond acceptors (Lipinski definition) is 10. The predicted octanol–water partition coefficient (Wildman–Crippen LogP) is -1.87. The Kier molecular flexibility index (Phi) is 9.26. The third kappa shape index (κ3) is 6.24. The minimum atomic E-state index is -1.49. The Morgan fingerprint density at radius 1 is 0.667 bits per heavy atom. The van der Waals surface area contributed by atoms with Gasteiger partial charge in [-0.3, -0.25) is 0 Å². The van der Waals surface area contributed by atoms with Crippen molar-refractivity contribution in [2.24, 2.45) is 0 Å². The van der Waals surface area contributed by atoms with Crippen molar-refractivity contribution >= 4 is 48.6 Å². The van der Waals surface area contributed by atoms with Crippen LogP contribution in [0, 0.1) is 0 Å². The number of aromatic nitrogens is 2. The molecule has 2 aliphatic rings. The second-order valence-electron chi connectivity index (χ2n) is 11.1. The molecule has 4 heterocycles. The number of aromatic amines is 2. The molecule has 2 saturated heterocycles. The van der Waals surface area contributed by atoms with Crippen molar-refractivity contribution in [3.05, 3.63) is 72.1 Å². The molecule has 2 fully saturated rings. The summed E-state index contributed by atoms with van der Waals surface area (Å²) in [7, 11) is 0. The van der Waals surface area contributed by atoms with Crippen LogP contribution < -0.4 is 10.6 Å². The molecule has 45 heavy (non-hydrogen) atoms. The molecule has 10 N–H and O–H groups in total. The number of benzene rings is 2. The summed E-state index contributed by atoms with van der Waals surface area (Å²) in [5.74, 6) is -1.20. The summed E-state index contributed by atoms with van der Waals surface area (Å²) in [4.78, 5) is 32.2. The van der Waals surface area contributed by atoms with Crippen LogP contribution in [0.3, 0.4) is 0 Å². The molecular weight excluding hydrogens is 655 g/mol. The molecule has 15 heteroatoms. The van der Waals surface area contributed by atoms with Crippen molar-refractivity contribution in [3.63, 3.8) is 0 Å².